The molecule has 7 nitrogen and oxygen atoms in total. The number of aromatic nitrogens is 5. The Kier molecular flexibility index (Phi) is 5.95. The normalized spacial score (nSPS) is 11.8. The van der Waals surface area contributed by atoms with Crippen molar-refractivity contribution < 1.29 is 9.18 Å². The van der Waals surface area contributed by atoms with E-state index in [1.807, 2.05) is 57.2 Å². The zero-order valence-electron chi connectivity index (χ0n) is 21.8. The number of hydrogen-bond donors (Lipinski definition) is 3. The van der Waals surface area contributed by atoms with Crippen molar-refractivity contribution in [1.82, 2.24) is 25.1 Å². The molecule has 0 spiro atoms. The van der Waals surface area contributed by atoms with Crippen LogP contribution in [0.5, 0.6) is 0 Å². The molecule has 6 aromatic rings. The van der Waals surface area contributed by atoms with Crippen LogP contribution in [-0.4, -0.2) is 31.1 Å². The summed E-state index contributed by atoms with van der Waals surface area (Å²) in [4.78, 5) is 24.8. The second-order valence-electron chi connectivity index (χ2n) is 10.9. The highest BCUT2D eigenvalue weighted by atomic mass is 19.1. The monoisotopic (exact) mass is 518 g/mol. The molecule has 0 unspecified atom stereocenters. The number of hydrogen-bond acceptors (Lipinski definition) is 4. The summed E-state index contributed by atoms with van der Waals surface area (Å²) in [6.45, 7) is 6.10. The number of fused-ring (bicyclic) bond motifs is 2. The molecular formula is C31H27FN6O. The summed E-state index contributed by atoms with van der Waals surface area (Å²) in [6, 6.07) is 18.3. The maximum absolute atomic E-state index is 13.9. The first kappa shape index (κ1) is 24.5. The van der Waals surface area contributed by atoms with Gasteiger partial charge in [-0.05, 0) is 53.4 Å². The first-order chi connectivity index (χ1) is 18.7. The van der Waals surface area contributed by atoms with E-state index in [2.05, 4.69) is 36.5 Å². The molecule has 1 amide bonds. The van der Waals surface area contributed by atoms with Gasteiger partial charge in [0.2, 0.25) is 5.91 Å². The van der Waals surface area contributed by atoms with Crippen LogP contribution in [0.4, 0.5) is 10.1 Å². The number of carbonyl (C=O) groups is 1. The Morgan fingerprint density at radius 3 is 2.56 bits per heavy atom. The average Bonchev–Trinajstić information content (AvgIpc) is 3.51. The highest BCUT2D eigenvalue weighted by Crippen LogP contribution is 2.35. The van der Waals surface area contributed by atoms with Crippen molar-refractivity contribution in [1.29, 1.82) is 0 Å². The molecule has 0 atom stereocenters. The maximum atomic E-state index is 13.9. The summed E-state index contributed by atoms with van der Waals surface area (Å²) in [6.07, 6.45) is 5.56. The van der Waals surface area contributed by atoms with Crippen LogP contribution in [-0.2, 0) is 4.79 Å². The number of rotatable bonds is 5. The summed E-state index contributed by atoms with van der Waals surface area (Å²) in [5.41, 5.74) is 7.14. The number of pyridine rings is 2. The van der Waals surface area contributed by atoms with Gasteiger partial charge in [-0.3, -0.25) is 19.9 Å². The van der Waals surface area contributed by atoms with Crippen molar-refractivity contribution in [2.24, 2.45) is 5.41 Å². The average molecular weight is 519 g/mol. The number of nitrogens with one attached hydrogen (secondary N) is 3. The van der Waals surface area contributed by atoms with E-state index < -0.39 is 0 Å². The van der Waals surface area contributed by atoms with Gasteiger partial charge in [0, 0.05) is 46.2 Å². The third-order valence-corrected chi connectivity index (χ3v) is 6.51. The second kappa shape index (κ2) is 9.47. The number of H-pyrrole nitrogens is 2. The predicted molar refractivity (Wildman–Crippen MR) is 153 cm³/mol. The molecule has 0 radical (unpaired) electrons. The first-order valence-corrected chi connectivity index (χ1v) is 12.7. The van der Waals surface area contributed by atoms with Gasteiger partial charge in [0.1, 0.15) is 11.5 Å². The number of halogens is 1. The van der Waals surface area contributed by atoms with E-state index in [0.29, 0.717) is 23.4 Å². The van der Waals surface area contributed by atoms with Crippen LogP contribution in [0.25, 0.3) is 55.6 Å². The van der Waals surface area contributed by atoms with Crippen LogP contribution in [0.1, 0.15) is 27.2 Å². The highest BCUT2D eigenvalue weighted by Gasteiger charge is 2.17. The molecule has 3 N–H and O–H groups in total. The van der Waals surface area contributed by atoms with Gasteiger partial charge in [-0.2, -0.15) is 5.10 Å². The van der Waals surface area contributed by atoms with Crippen LogP contribution < -0.4 is 5.32 Å². The second-order valence-corrected chi connectivity index (χ2v) is 10.9. The summed E-state index contributed by atoms with van der Waals surface area (Å²) >= 11 is 0. The number of anilines is 1. The Morgan fingerprint density at radius 2 is 1.74 bits per heavy atom. The molecule has 0 fully saturated rings. The molecule has 4 heterocycles. The summed E-state index contributed by atoms with van der Waals surface area (Å²) in [5.74, 6) is -0.347. The summed E-state index contributed by atoms with van der Waals surface area (Å²) in [7, 11) is 0. The number of nitrogens with zero attached hydrogens (tertiary/aromatic N) is 3. The molecule has 0 aliphatic rings. The molecule has 0 aliphatic heterocycles. The van der Waals surface area contributed by atoms with Crippen molar-refractivity contribution in [3.63, 3.8) is 0 Å². The zero-order chi connectivity index (χ0) is 27.1. The predicted octanol–water partition coefficient (Wildman–Crippen LogP) is 7.35. The van der Waals surface area contributed by atoms with E-state index in [1.165, 1.54) is 12.1 Å². The number of benzene rings is 2. The van der Waals surface area contributed by atoms with Crippen LogP contribution >= 0.6 is 0 Å². The molecule has 8 heteroatoms. The number of amides is 1. The van der Waals surface area contributed by atoms with Crippen molar-refractivity contribution in [2.75, 3.05) is 5.32 Å². The van der Waals surface area contributed by atoms with E-state index >= 15 is 0 Å². The quantitative estimate of drug-likeness (QED) is 0.222. The molecule has 0 aliphatic carbocycles. The molecule has 0 saturated heterocycles. The lowest BCUT2D eigenvalue weighted by Gasteiger charge is -2.17. The lowest BCUT2D eigenvalue weighted by Crippen LogP contribution is -2.19. The summed E-state index contributed by atoms with van der Waals surface area (Å²) < 4.78 is 13.9. The fourth-order valence-electron chi connectivity index (χ4n) is 4.80. The van der Waals surface area contributed by atoms with E-state index in [-0.39, 0.29) is 17.1 Å². The lowest BCUT2D eigenvalue weighted by molar-refractivity contribution is -0.117. The standard InChI is InChI=1S/C31H27FN6O/c1-31(2,3)15-28(39)35-22-12-20(16-33-17-22)18-7-8-26-23(13-18)30(38-37-26)27-14-24-25(36-27)9-10-34-29(24)19-5-4-6-21(32)11-19/h4-14,16-17,36H,15H2,1-3H3,(H,35,39)(H,37,38). The Morgan fingerprint density at radius 1 is 0.897 bits per heavy atom. The Hall–Kier alpha value is -4.85. The van der Waals surface area contributed by atoms with Gasteiger partial charge < -0.3 is 10.3 Å². The van der Waals surface area contributed by atoms with Crippen LogP contribution in [0, 0.1) is 11.2 Å². The lowest BCUT2D eigenvalue weighted by atomic mass is 9.92. The van der Waals surface area contributed by atoms with Gasteiger partial charge in [-0.15, -0.1) is 0 Å². The number of aromatic amines is 2. The minimum Gasteiger partial charge on any atom is -0.353 e. The smallest absolute Gasteiger partial charge is 0.224 e. The Bertz CT molecular complexity index is 1850. The molecule has 0 saturated carbocycles. The third kappa shape index (κ3) is 5.01. The first-order valence-electron chi connectivity index (χ1n) is 12.7. The highest BCUT2D eigenvalue weighted by molar-refractivity contribution is 6.01. The zero-order valence-corrected chi connectivity index (χ0v) is 21.8. The largest absolute Gasteiger partial charge is 0.353 e. The fourth-order valence-corrected chi connectivity index (χ4v) is 4.80. The van der Waals surface area contributed by atoms with Gasteiger partial charge >= 0.3 is 0 Å². The molecule has 39 heavy (non-hydrogen) atoms. The van der Waals surface area contributed by atoms with Gasteiger partial charge in [0.05, 0.1) is 28.8 Å². The van der Waals surface area contributed by atoms with Gasteiger partial charge in [0.25, 0.3) is 0 Å². The SMILES string of the molecule is CC(C)(C)CC(=O)Nc1cncc(-c2ccc3[nH]nc(-c4cc5c(-c6cccc(F)c6)nccc5[nH]4)c3c2)c1. The van der Waals surface area contributed by atoms with Crippen LogP contribution in [0.15, 0.2) is 79.3 Å². The van der Waals surface area contributed by atoms with E-state index in [9.17, 15) is 9.18 Å². The van der Waals surface area contributed by atoms with E-state index in [4.69, 9.17) is 0 Å². The fraction of sp³-hybridized carbons (Fsp3) is 0.161. The minimum atomic E-state index is -0.305. The summed E-state index contributed by atoms with van der Waals surface area (Å²) in [5, 5.41) is 12.5. The van der Waals surface area contributed by atoms with Crippen molar-refractivity contribution >= 4 is 33.4 Å². The molecule has 194 valence electrons. The molecule has 4 aromatic heterocycles. The minimum absolute atomic E-state index is 0.0417. The Balaban J connectivity index is 1.37. The maximum Gasteiger partial charge on any atom is 0.224 e. The molecule has 6 rings (SSSR count). The van der Waals surface area contributed by atoms with Crippen molar-refractivity contribution in [2.45, 2.75) is 27.2 Å². The van der Waals surface area contributed by atoms with Crippen LogP contribution in [0.3, 0.4) is 0 Å². The topological polar surface area (TPSA) is 99.3 Å². The Labute approximate surface area is 224 Å². The van der Waals surface area contributed by atoms with E-state index in [1.54, 1.807) is 24.7 Å². The van der Waals surface area contributed by atoms with Crippen LogP contribution in [0.2, 0.25) is 0 Å². The van der Waals surface area contributed by atoms with Crippen molar-refractivity contribution in [3.05, 3.63) is 85.1 Å². The molecular weight excluding hydrogens is 491 g/mol. The van der Waals surface area contributed by atoms with Gasteiger partial charge in [0.15, 0.2) is 0 Å². The number of carbonyl (C=O) groups excluding carboxylic acids is 1. The molecule has 0 bridgehead atoms. The third-order valence-electron chi connectivity index (χ3n) is 6.51. The van der Waals surface area contributed by atoms with E-state index in [0.717, 1.165) is 44.3 Å². The molecule has 2 aromatic carbocycles. The van der Waals surface area contributed by atoms with Crippen molar-refractivity contribution in [3.8, 4) is 33.8 Å². The van der Waals surface area contributed by atoms with Gasteiger partial charge in [-0.25, -0.2) is 4.39 Å². The van der Waals surface area contributed by atoms with Gasteiger partial charge in [-0.1, -0.05) is 39.0 Å².